The quantitative estimate of drug-likeness (QED) is 0.748. The summed E-state index contributed by atoms with van der Waals surface area (Å²) < 4.78 is 5.84. The van der Waals surface area contributed by atoms with Crippen LogP contribution < -0.4 is 5.32 Å². The number of benzene rings is 1. The molecule has 0 aliphatic carbocycles. The molecule has 1 N–H and O–H groups in total. The highest BCUT2D eigenvalue weighted by atomic mass is 16.5. The normalized spacial score (nSPS) is 16.9. The topological polar surface area (TPSA) is 61.9 Å². The summed E-state index contributed by atoms with van der Waals surface area (Å²) in [6, 6.07) is 7.50. The van der Waals surface area contributed by atoms with Gasteiger partial charge in [-0.15, -0.1) is 6.58 Å². The van der Waals surface area contributed by atoms with Crippen molar-refractivity contribution in [2.24, 2.45) is 5.92 Å². The van der Waals surface area contributed by atoms with E-state index in [1.54, 1.807) is 11.0 Å². The summed E-state index contributed by atoms with van der Waals surface area (Å²) in [6.45, 7) is 12.8. The largest absolute Gasteiger partial charge is 0.373 e. The van der Waals surface area contributed by atoms with Gasteiger partial charge in [0.05, 0.1) is 19.3 Å². The number of nitrogens with one attached hydrogen (secondary N) is 1. The van der Waals surface area contributed by atoms with Crippen molar-refractivity contribution in [3.8, 4) is 0 Å². The van der Waals surface area contributed by atoms with Crippen molar-refractivity contribution in [2.75, 3.05) is 39.3 Å². The van der Waals surface area contributed by atoms with E-state index >= 15 is 0 Å². The van der Waals surface area contributed by atoms with Crippen molar-refractivity contribution in [2.45, 2.75) is 26.9 Å². The smallest absolute Gasteiger partial charge is 0.317 e. The predicted molar refractivity (Wildman–Crippen MR) is 107 cm³/mol. The van der Waals surface area contributed by atoms with E-state index < -0.39 is 0 Å². The van der Waals surface area contributed by atoms with Gasteiger partial charge in [0.15, 0.2) is 0 Å². The van der Waals surface area contributed by atoms with Crippen LogP contribution in [0.1, 0.15) is 29.8 Å². The molecule has 6 heteroatoms. The summed E-state index contributed by atoms with van der Waals surface area (Å²) in [5.74, 6) is 0.343. The van der Waals surface area contributed by atoms with E-state index in [0.717, 1.165) is 5.56 Å². The average molecular weight is 373 g/mol. The molecule has 27 heavy (non-hydrogen) atoms. The molecule has 0 unspecified atom stereocenters. The van der Waals surface area contributed by atoms with Crippen LogP contribution in [0.25, 0.3) is 0 Å². The Bertz CT molecular complexity index is 643. The lowest BCUT2D eigenvalue weighted by molar-refractivity contribution is -0.0286. The average Bonchev–Trinajstić information content (AvgIpc) is 2.65. The van der Waals surface area contributed by atoms with E-state index in [2.05, 4.69) is 25.7 Å². The fourth-order valence-electron chi connectivity index (χ4n) is 3.09. The highest BCUT2D eigenvalue weighted by Crippen LogP contribution is 2.13. The van der Waals surface area contributed by atoms with E-state index in [0.29, 0.717) is 50.8 Å². The summed E-state index contributed by atoms with van der Waals surface area (Å²) >= 11 is 0. The predicted octanol–water partition coefficient (Wildman–Crippen LogP) is 2.69. The highest BCUT2D eigenvalue weighted by molar-refractivity contribution is 5.94. The van der Waals surface area contributed by atoms with Gasteiger partial charge in [0.2, 0.25) is 0 Å². The Labute approximate surface area is 162 Å². The van der Waals surface area contributed by atoms with Crippen LogP contribution in [0.15, 0.2) is 36.9 Å². The molecular formula is C21H31N3O3. The van der Waals surface area contributed by atoms with Crippen LogP contribution in [0, 0.1) is 12.8 Å². The zero-order valence-corrected chi connectivity index (χ0v) is 16.6. The molecule has 0 bridgehead atoms. The van der Waals surface area contributed by atoms with E-state index in [1.807, 2.05) is 36.1 Å². The lowest BCUT2D eigenvalue weighted by atomic mass is 10.1. The fraction of sp³-hybridized carbons (Fsp3) is 0.524. The van der Waals surface area contributed by atoms with Gasteiger partial charge in [-0.25, -0.2) is 4.79 Å². The molecule has 0 spiro atoms. The minimum Gasteiger partial charge on any atom is -0.373 e. The SMILES string of the molecule is C=CCNC(=O)N1CCO[C@@H](CN(CC(C)C)C(=O)c2ccc(C)cc2)C1. The Morgan fingerprint density at radius 1 is 1.37 bits per heavy atom. The first-order chi connectivity index (χ1) is 12.9. The molecule has 1 heterocycles. The number of rotatable bonds is 7. The molecular weight excluding hydrogens is 342 g/mol. The maximum absolute atomic E-state index is 13.0. The third kappa shape index (κ3) is 6.40. The summed E-state index contributed by atoms with van der Waals surface area (Å²) in [5, 5.41) is 2.79. The molecule has 2 rings (SSSR count). The van der Waals surface area contributed by atoms with Gasteiger partial charge in [-0.05, 0) is 25.0 Å². The number of morpholine rings is 1. The van der Waals surface area contributed by atoms with E-state index in [4.69, 9.17) is 4.74 Å². The van der Waals surface area contributed by atoms with Crippen LogP contribution in [-0.2, 0) is 4.74 Å². The number of aryl methyl sites for hydroxylation is 1. The number of ether oxygens (including phenoxy) is 1. The first-order valence-electron chi connectivity index (χ1n) is 9.52. The molecule has 1 fully saturated rings. The van der Waals surface area contributed by atoms with Crippen molar-refractivity contribution in [1.82, 2.24) is 15.1 Å². The molecule has 148 valence electrons. The van der Waals surface area contributed by atoms with Gasteiger partial charge in [0, 0.05) is 31.7 Å². The Hall–Kier alpha value is -2.34. The summed E-state index contributed by atoms with van der Waals surface area (Å²) in [7, 11) is 0. The Morgan fingerprint density at radius 2 is 2.07 bits per heavy atom. The maximum atomic E-state index is 13.0. The molecule has 1 aromatic rings. The molecule has 1 aliphatic rings. The van der Waals surface area contributed by atoms with Gasteiger partial charge >= 0.3 is 6.03 Å². The number of carbonyl (C=O) groups excluding carboxylic acids is 2. The standard InChI is InChI=1S/C21H31N3O3/c1-5-10-22-21(26)23-11-12-27-19(14-23)15-24(13-16(2)3)20(25)18-8-6-17(4)7-9-18/h5-9,16,19H,1,10-15H2,2-4H3,(H,22,26)/t19-/m1/s1. The van der Waals surface area contributed by atoms with Crippen LogP contribution in [0.2, 0.25) is 0 Å². The Morgan fingerprint density at radius 3 is 2.70 bits per heavy atom. The van der Waals surface area contributed by atoms with Gasteiger partial charge in [0.1, 0.15) is 0 Å². The van der Waals surface area contributed by atoms with Gasteiger partial charge in [-0.1, -0.05) is 37.6 Å². The number of urea groups is 1. The molecule has 1 atom stereocenters. The van der Waals surface area contributed by atoms with Crippen molar-refractivity contribution in [1.29, 1.82) is 0 Å². The van der Waals surface area contributed by atoms with Crippen molar-refractivity contribution in [3.63, 3.8) is 0 Å². The maximum Gasteiger partial charge on any atom is 0.317 e. The molecule has 1 aromatic carbocycles. The molecule has 3 amide bonds. The zero-order valence-electron chi connectivity index (χ0n) is 16.6. The second-order valence-corrected chi connectivity index (χ2v) is 7.38. The second-order valence-electron chi connectivity index (χ2n) is 7.38. The Balaban J connectivity index is 2.04. The van der Waals surface area contributed by atoms with Gasteiger partial charge in [0.25, 0.3) is 5.91 Å². The van der Waals surface area contributed by atoms with Crippen LogP contribution in [0.4, 0.5) is 4.79 Å². The van der Waals surface area contributed by atoms with Gasteiger partial charge in [-0.3, -0.25) is 4.79 Å². The summed E-state index contributed by atoms with van der Waals surface area (Å²) in [6.07, 6.45) is 1.46. The van der Waals surface area contributed by atoms with Gasteiger partial charge < -0.3 is 19.9 Å². The minimum atomic E-state index is -0.193. The van der Waals surface area contributed by atoms with Crippen LogP contribution in [0.5, 0.6) is 0 Å². The lowest BCUT2D eigenvalue weighted by Crippen LogP contribution is -2.53. The fourth-order valence-corrected chi connectivity index (χ4v) is 3.09. The molecule has 0 saturated carbocycles. The third-order valence-electron chi connectivity index (χ3n) is 4.42. The van der Waals surface area contributed by atoms with Crippen LogP contribution in [-0.4, -0.2) is 67.2 Å². The number of nitrogens with zero attached hydrogens (tertiary/aromatic N) is 2. The molecule has 6 nitrogen and oxygen atoms in total. The van der Waals surface area contributed by atoms with Crippen LogP contribution in [0.3, 0.4) is 0 Å². The summed E-state index contributed by atoms with van der Waals surface area (Å²) in [4.78, 5) is 28.7. The molecule has 0 aromatic heterocycles. The van der Waals surface area contributed by atoms with Crippen molar-refractivity contribution < 1.29 is 14.3 Å². The van der Waals surface area contributed by atoms with E-state index in [9.17, 15) is 9.59 Å². The highest BCUT2D eigenvalue weighted by Gasteiger charge is 2.28. The monoisotopic (exact) mass is 373 g/mol. The zero-order chi connectivity index (χ0) is 19.8. The molecule has 1 saturated heterocycles. The summed E-state index contributed by atoms with van der Waals surface area (Å²) in [5.41, 5.74) is 1.80. The molecule has 1 aliphatic heterocycles. The van der Waals surface area contributed by atoms with E-state index in [-0.39, 0.29) is 18.0 Å². The Kier molecular flexibility index (Phi) is 7.85. The third-order valence-corrected chi connectivity index (χ3v) is 4.42. The van der Waals surface area contributed by atoms with Crippen molar-refractivity contribution in [3.05, 3.63) is 48.0 Å². The molecule has 0 radical (unpaired) electrons. The first kappa shape index (κ1) is 21.0. The first-order valence-corrected chi connectivity index (χ1v) is 9.52. The number of amides is 3. The lowest BCUT2D eigenvalue weighted by Gasteiger charge is -2.36. The number of carbonyl (C=O) groups is 2. The van der Waals surface area contributed by atoms with Crippen molar-refractivity contribution >= 4 is 11.9 Å². The number of hydrogen-bond acceptors (Lipinski definition) is 3. The second kappa shape index (κ2) is 10.1. The van der Waals surface area contributed by atoms with E-state index in [1.165, 1.54) is 0 Å². The van der Waals surface area contributed by atoms with Crippen LogP contribution >= 0.6 is 0 Å². The van der Waals surface area contributed by atoms with Gasteiger partial charge in [-0.2, -0.15) is 0 Å². The minimum absolute atomic E-state index is 0.000493. The number of hydrogen-bond donors (Lipinski definition) is 1.